The molecule has 2 aliphatic rings. The summed E-state index contributed by atoms with van der Waals surface area (Å²) in [4.78, 5) is 24.1. The first-order valence-electron chi connectivity index (χ1n) is 6.30. The summed E-state index contributed by atoms with van der Waals surface area (Å²) >= 11 is 0. The van der Waals surface area contributed by atoms with Crippen molar-refractivity contribution in [2.75, 3.05) is 0 Å². The van der Waals surface area contributed by atoms with E-state index in [2.05, 4.69) is 0 Å². The summed E-state index contributed by atoms with van der Waals surface area (Å²) in [5.41, 5.74) is 12.3. The van der Waals surface area contributed by atoms with Gasteiger partial charge in [0, 0.05) is 5.57 Å². The van der Waals surface area contributed by atoms with Gasteiger partial charge in [-0.3, -0.25) is 9.59 Å². The van der Waals surface area contributed by atoms with Crippen molar-refractivity contribution in [2.24, 2.45) is 11.5 Å². The lowest BCUT2D eigenvalue weighted by Gasteiger charge is -2.23. The third-order valence-corrected chi connectivity index (χ3v) is 3.24. The summed E-state index contributed by atoms with van der Waals surface area (Å²) in [6.45, 7) is 0. The molecule has 1 aromatic rings. The number of Topliss-reactive ketones (excluding diaryl/α,β-unsaturated/α-hetero) is 1. The summed E-state index contributed by atoms with van der Waals surface area (Å²) in [5.74, 6) is -0.498. The van der Waals surface area contributed by atoms with Crippen LogP contribution in [0.15, 0.2) is 76.9 Å². The van der Waals surface area contributed by atoms with Gasteiger partial charge in [-0.05, 0) is 18.2 Å². The molecule has 1 aromatic carbocycles. The minimum atomic E-state index is -0.577. The Kier molecular flexibility index (Phi) is 2.95. The lowest BCUT2D eigenvalue weighted by Crippen LogP contribution is -2.32. The molecule has 104 valence electrons. The summed E-state index contributed by atoms with van der Waals surface area (Å²) in [6, 6.07) is 8.77. The number of carbonyl (C=O) groups is 2. The van der Waals surface area contributed by atoms with E-state index in [9.17, 15) is 9.59 Å². The van der Waals surface area contributed by atoms with Gasteiger partial charge in [0.2, 0.25) is 5.78 Å². The molecule has 5 nitrogen and oxygen atoms in total. The van der Waals surface area contributed by atoms with Gasteiger partial charge in [0.1, 0.15) is 5.75 Å². The fourth-order valence-electron chi connectivity index (χ4n) is 2.22. The SMILES string of the molecule is NC1=C(Oc2ccccc2)C(=O)C(N)=C2C(=O)C=CC=C12. The van der Waals surface area contributed by atoms with Crippen molar-refractivity contribution in [3.63, 3.8) is 0 Å². The predicted molar refractivity (Wildman–Crippen MR) is 76.7 cm³/mol. The number of fused-ring (bicyclic) bond motifs is 1. The van der Waals surface area contributed by atoms with Gasteiger partial charge in [0.05, 0.1) is 17.0 Å². The summed E-state index contributed by atoms with van der Waals surface area (Å²) < 4.78 is 5.55. The molecule has 5 heteroatoms. The minimum absolute atomic E-state index is 0.0585. The normalized spacial score (nSPS) is 17.8. The van der Waals surface area contributed by atoms with Gasteiger partial charge >= 0.3 is 0 Å². The number of rotatable bonds is 2. The van der Waals surface area contributed by atoms with Crippen molar-refractivity contribution in [1.82, 2.24) is 0 Å². The van der Waals surface area contributed by atoms with Crippen LogP contribution in [0.25, 0.3) is 0 Å². The molecule has 0 radical (unpaired) electrons. The van der Waals surface area contributed by atoms with Crippen molar-refractivity contribution in [3.8, 4) is 5.75 Å². The molecule has 0 saturated heterocycles. The Balaban J connectivity index is 2.08. The average molecular weight is 280 g/mol. The van der Waals surface area contributed by atoms with Gasteiger partial charge in [-0.2, -0.15) is 0 Å². The maximum atomic E-state index is 12.3. The number of carbonyl (C=O) groups excluding carboxylic acids is 2. The molecule has 0 fully saturated rings. The molecule has 0 aliphatic heterocycles. The molecule has 0 heterocycles. The number of nitrogens with two attached hydrogens (primary N) is 2. The highest BCUT2D eigenvalue weighted by Crippen LogP contribution is 2.32. The first-order chi connectivity index (χ1) is 10.1. The van der Waals surface area contributed by atoms with E-state index in [1.807, 2.05) is 6.07 Å². The van der Waals surface area contributed by atoms with Gasteiger partial charge in [-0.25, -0.2) is 0 Å². The van der Waals surface area contributed by atoms with Crippen molar-refractivity contribution < 1.29 is 14.3 Å². The van der Waals surface area contributed by atoms with E-state index in [4.69, 9.17) is 16.2 Å². The highest BCUT2D eigenvalue weighted by Gasteiger charge is 2.34. The molecule has 21 heavy (non-hydrogen) atoms. The van der Waals surface area contributed by atoms with Crippen LogP contribution in [0.4, 0.5) is 0 Å². The lowest BCUT2D eigenvalue weighted by molar-refractivity contribution is -0.116. The topological polar surface area (TPSA) is 95.4 Å². The molecule has 0 saturated carbocycles. The number of hydrogen-bond acceptors (Lipinski definition) is 5. The third kappa shape index (κ3) is 2.04. The van der Waals surface area contributed by atoms with E-state index >= 15 is 0 Å². The van der Waals surface area contributed by atoms with Crippen LogP contribution in [-0.4, -0.2) is 11.6 Å². The molecule has 0 bridgehead atoms. The van der Waals surface area contributed by atoms with Gasteiger partial charge < -0.3 is 16.2 Å². The van der Waals surface area contributed by atoms with Crippen LogP contribution >= 0.6 is 0 Å². The first-order valence-corrected chi connectivity index (χ1v) is 6.30. The molecule has 0 spiro atoms. The Morgan fingerprint density at radius 2 is 1.67 bits per heavy atom. The monoisotopic (exact) mass is 280 g/mol. The van der Waals surface area contributed by atoms with Crippen molar-refractivity contribution in [1.29, 1.82) is 0 Å². The number of ketones is 2. The Morgan fingerprint density at radius 3 is 2.38 bits per heavy atom. The van der Waals surface area contributed by atoms with E-state index < -0.39 is 5.78 Å². The summed E-state index contributed by atoms with van der Waals surface area (Å²) in [7, 11) is 0. The van der Waals surface area contributed by atoms with Gasteiger partial charge in [0.15, 0.2) is 11.5 Å². The maximum absolute atomic E-state index is 12.3. The van der Waals surface area contributed by atoms with Crippen LogP contribution < -0.4 is 16.2 Å². The molecule has 0 atom stereocenters. The smallest absolute Gasteiger partial charge is 0.246 e. The highest BCUT2D eigenvalue weighted by molar-refractivity contribution is 6.20. The van der Waals surface area contributed by atoms with Crippen LogP contribution in [0, 0.1) is 0 Å². The molecule has 0 aromatic heterocycles. The van der Waals surface area contributed by atoms with Crippen LogP contribution in [0.3, 0.4) is 0 Å². The van der Waals surface area contributed by atoms with Gasteiger partial charge in [0.25, 0.3) is 0 Å². The zero-order chi connectivity index (χ0) is 15.0. The molecule has 3 rings (SSSR count). The molecular formula is C16H12N2O3. The third-order valence-electron chi connectivity index (χ3n) is 3.24. The van der Waals surface area contributed by atoms with E-state index in [1.54, 1.807) is 36.4 Å². The number of hydrogen-bond donors (Lipinski definition) is 2. The van der Waals surface area contributed by atoms with Crippen molar-refractivity contribution >= 4 is 11.6 Å². The maximum Gasteiger partial charge on any atom is 0.246 e. The fourth-order valence-corrected chi connectivity index (χ4v) is 2.22. The predicted octanol–water partition coefficient (Wildman–Crippen LogP) is 1.10. The van der Waals surface area contributed by atoms with Crippen LogP contribution in [-0.2, 0) is 9.59 Å². The molecule has 2 aliphatic carbocycles. The summed E-state index contributed by atoms with van der Waals surface area (Å²) in [5, 5.41) is 0. The average Bonchev–Trinajstić information content (AvgIpc) is 2.50. The second-order valence-corrected chi connectivity index (χ2v) is 4.58. The largest absolute Gasteiger partial charge is 0.451 e. The number of para-hydroxylation sites is 1. The second-order valence-electron chi connectivity index (χ2n) is 4.58. The van der Waals surface area contributed by atoms with E-state index in [1.165, 1.54) is 6.08 Å². The zero-order valence-corrected chi connectivity index (χ0v) is 11.0. The van der Waals surface area contributed by atoms with Crippen molar-refractivity contribution in [2.45, 2.75) is 0 Å². The Hall–Kier alpha value is -3.08. The molecular weight excluding hydrogens is 268 g/mol. The van der Waals surface area contributed by atoms with Crippen LogP contribution in [0.1, 0.15) is 0 Å². The number of benzene rings is 1. The van der Waals surface area contributed by atoms with Crippen LogP contribution in [0.2, 0.25) is 0 Å². The van der Waals surface area contributed by atoms with Crippen LogP contribution in [0.5, 0.6) is 5.75 Å². The van der Waals surface area contributed by atoms with Gasteiger partial charge in [-0.15, -0.1) is 0 Å². The lowest BCUT2D eigenvalue weighted by atomic mass is 9.86. The Labute approximate surface area is 120 Å². The summed E-state index contributed by atoms with van der Waals surface area (Å²) in [6.07, 6.45) is 4.55. The second kappa shape index (κ2) is 4.79. The van der Waals surface area contributed by atoms with E-state index in [0.717, 1.165) is 0 Å². The van der Waals surface area contributed by atoms with E-state index in [-0.39, 0.29) is 28.5 Å². The van der Waals surface area contributed by atoms with Gasteiger partial charge in [-0.1, -0.05) is 30.4 Å². The highest BCUT2D eigenvalue weighted by atomic mass is 16.5. The number of allylic oxidation sites excluding steroid dienone is 4. The molecule has 4 N–H and O–H groups in total. The zero-order valence-electron chi connectivity index (χ0n) is 11.0. The minimum Gasteiger partial charge on any atom is -0.451 e. The van der Waals surface area contributed by atoms with E-state index in [0.29, 0.717) is 11.3 Å². The number of ether oxygens (including phenoxy) is 1. The molecule has 0 unspecified atom stereocenters. The quantitative estimate of drug-likeness (QED) is 0.845. The Morgan fingerprint density at radius 1 is 0.952 bits per heavy atom. The van der Waals surface area contributed by atoms with Crippen molar-refractivity contribution in [3.05, 3.63) is 76.9 Å². The molecule has 0 amide bonds. The standard InChI is InChI=1S/C16H12N2O3/c17-13-10-7-4-8-11(19)12(10)14(18)15(20)16(13)21-9-5-2-1-3-6-9/h1-8H,17-18H2. The first kappa shape index (κ1) is 12.9. The fraction of sp³-hybridized carbons (Fsp3) is 0. The Bertz CT molecular complexity index is 768.